The molecule has 0 unspecified atom stereocenters. The zero-order chi connectivity index (χ0) is 9.28. The van der Waals surface area contributed by atoms with Crippen molar-refractivity contribution in [3.05, 3.63) is 0 Å². The molecule has 0 bridgehead atoms. The van der Waals surface area contributed by atoms with Crippen molar-refractivity contribution in [3.63, 3.8) is 0 Å². The van der Waals surface area contributed by atoms with Gasteiger partial charge >= 0.3 is 0 Å². The Morgan fingerprint density at radius 2 is 0.923 bits per heavy atom. The Kier molecular flexibility index (Phi) is 37.0. The van der Waals surface area contributed by atoms with Gasteiger partial charge in [0.2, 0.25) is 0 Å². The van der Waals surface area contributed by atoms with Crippen LogP contribution in [0.5, 0.6) is 0 Å². The molecular formula is C9H24IrP2Pd. The maximum Gasteiger partial charge on any atom is 0 e. The summed E-state index contributed by atoms with van der Waals surface area (Å²) < 4.78 is 0. The molecule has 0 amide bonds. The molecule has 0 aromatic carbocycles. The Hall–Kier alpha value is 2.17. The third kappa shape index (κ3) is 31.4. The molecule has 0 rings (SSSR count). The minimum Gasteiger partial charge on any atom is -0.116 e. The van der Waals surface area contributed by atoms with Crippen LogP contribution in [0.4, 0.5) is 0 Å². The summed E-state index contributed by atoms with van der Waals surface area (Å²) >= 11 is 0. The molecule has 0 aliphatic heterocycles. The normalized spacial score (nSPS) is 8.31. The van der Waals surface area contributed by atoms with Crippen molar-refractivity contribution >= 4 is 15.8 Å². The molecule has 0 aliphatic carbocycles. The molecule has 0 aromatic rings. The van der Waals surface area contributed by atoms with E-state index in [9.17, 15) is 0 Å². The maximum absolute atomic E-state index is 2.29. The van der Waals surface area contributed by atoms with Crippen molar-refractivity contribution in [3.8, 4) is 0 Å². The zero-order valence-corrected chi connectivity index (χ0v) is 15.4. The second kappa shape index (κ2) is 19.7. The first-order chi connectivity index (χ1) is 5.08. The minimum absolute atomic E-state index is 0. The van der Waals surface area contributed by atoms with Crippen molar-refractivity contribution < 1.29 is 40.5 Å². The van der Waals surface area contributed by atoms with E-state index in [-0.39, 0.29) is 40.5 Å². The van der Waals surface area contributed by atoms with Gasteiger partial charge in [0.1, 0.15) is 0 Å². The Balaban J connectivity index is -0.0000000600. The third-order valence-electron chi connectivity index (χ3n) is 1.34. The quantitative estimate of drug-likeness (QED) is 0.414. The van der Waals surface area contributed by atoms with Crippen LogP contribution in [0.1, 0.15) is 20.8 Å². The van der Waals surface area contributed by atoms with Gasteiger partial charge in [-0.15, -0.1) is 15.8 Å². The molecule has 0 N–H and O–H groups in total. The predicted octanol–water partition coefficient (Wildman–Crippen LogP) is 3.88. The number of hydrogen-bond donors (Lipinski definition) is 0. The van der Waals surface area contributed by atoms with E-state index in [1.54, 1.807) is 0 Å². The van der Waals surface area contributed by atoms with E-state index in [1.807, 2.05) is 0 Å². The molecule has 89 valence electrons. The van der Waals surface area contributed by atoms with Gasteiger partial charge in [-0.3, -0.25) is 0 Å². The fourth-order valence-electron chi connectivity index (χ4n) is 0.671. The third-order valence-corrected chi connectivity index (χ3v) is 4.02. The number of rotatable bonds is 3. The van der Waals surface area contributed by atoms with Crippen LogP contribution in [0.3, 0.4) is 0 Å². The molecule has 0 atom stereocenters. The van der Waals surface area contributed by atoms with E-state index >= 15 is 0 Å². The summed E-state index contributed by atoms with van der Waals surface area (Å²) in [5.41, 5.74) is 0. The minimum atomic E-state index is 0. The van der Waals surface area contributed by atoms with Gasteiger partial charge in [-0.2, -0.15) is 0 Å². The monoisotopic (exact) mass is 493 g/mol. The molecule has 1 radical (unpaired) electrons. The molecular weight excluding hydrogens is 469 g/mol. The van der Waals surface area contributed by atoms with Gasteiger partial charge in [0.15, 0.2) is 0 Å². The molecule has 0 saturated heterocycles. The summed E-state index contributed by atoms with van der Waals surface area (Å²) in [6.45, 7) is 13.6. The summed E-state index contributed by atoms with van der Waals surface area (Å²) in [6.07, 6.45) is 4.26. The van der Waals surface area contributed by atoms with Crippen molar-refractivity contribution in [1.29, 1.82) is 0 Å². The van der Waals surface area contributed by atoms with Gasteiger partial charge < -0.3 is 0 Å². The second-order valence-electron chi connectivity index (χ2n) is 2.96. The van der Waals surface area contributed by atoms with Crippen LogP contribution in [0, 0.1) is 0 Å². The predicted molar refractivity (Wildman–Crippen MR) is 63.2 cm³/mol. The Morgan fingerprint density at radius 1 is 0.769 bits per heavy atom. The maximum atomic E-state index is 2.29. The van der Waals surface area contributed by atoms with E-state index in [0.29, 0.717) is 15.8 Å². The summed E-state index contributed by atoms with van der Waals surface area (Å²) in [6, 6.07) is 0. The second-order valence-corrected chi connectivity index (χ2v) is 8.88. The Morgan fingerprint density at radius 3 is 0.923 bits per heavy atom. The standard InChI is InChI=1S/C6H15P.C3H9P.Ir.Pd/c1-4-7(5-2)6-3;1-4(2)3;;/h4-6H2,1-3H3;1-3H3;;. The molecule has 0 nitrogen and oxygen atoms in total. The van der Waals surface area contributed by atoms with Gasteiger partial charge in [-0.05, 0) is 38.5 Å². The van der Waals surface area contributed by atoms with Gasteiger partial charge in [-0.25, -0.2) is 0 Å². The average molecular weight is 493 g/mol. The molecule has 0 heterocycles. The SMILES string of the molecule is CCP(CC)CC.CP(C)C.[Ir].[Pd]. The van der Waals surface area contributed by atoms with Crippen LogP contribution in [-0.4, -0.2) is 38.5 Å². The molecule has 0 fully saturated rings. The van der Waals surface area contributed by atoms with Crippen LogP contribution in [0.2, 0.25) is 0 Å². The van der Waals surface area contributed by atoms with Crippen LogP contribution in [-0.2, 0) is 40.5 Å². The Labute approximate surface area is 115 Å². The summed E-state index contributed by atoms with van der Waals surface area (Å²) in [5, 5.41) is 0. The number of hydrogen-bond acceptors (Lipinski definition) is 0. The van der Waals surface area contributed by atoms with Crippen LogP contribution >= 0.6 is 15.8 Å². The molecule has 0 saturated carbocycles. The smallest absolute Gasteiger partial charge is 0 e. The fourth-order valence-corrected chi connectivity index (χ4v) is 2.01. The average Bonchev–Trinajstić information content (AvgIpc) is 1.90. The van der Waals surface area contributed by atoms with E-state index < -0.39 is 0 Å². The first-order valence-corrected chi connectivity index (χ1v) is 8.99. The van der Waals surface area contributed by atoms with Crippen LogP contribution in [0.25, 0.3) is 0 Å². The summed E-state index contributed by atoms with van der Waals surface area (Å²) in [5.74, 6) is 0. The topological polar surface area (TPSA) is 0 Å². The van der Waals surface area contributed by atoms with Crippen LogP contribution < -0.4 is 0 Å². The summed E-state index contributed by atoms with van der Waals surface area (Å²) in [4.78, 5) is 0. The van der Waals surface area contributed by atoms with Crippen LogP contribution in [0.15, 0.2) is 0 Å². The first-order valence-electron chi connectivity index (χ1n) is 4.41. The largest absolute Gasteiger partial charge is 0.116 e. The molecule has 4 heteroatoms. The molecule has 0 spiro atoms. The van der Waals surface area contributed by atoms with Crippen molar-refractivity contribution in [2.24, 2.45) is 0 Å². The zero-order valence-electron chi connectivity index (χ0n) is 9.67. The molecule has 13 heavy (non-hydrogen) atoms. The Bertz CT molecular complexity index is 60.4. The van der Waals surface area contributed by atoms with E-state index in [0.717, 1.165) is 0 Å². The van der Waals surface area contributed by atoms with Gasteiger partial charge in [0, 0.05) is 40.5 Å². The van der Waals surface area contributed by atoms with Gasteiger partial charge in [0.25, 0.3) is 0 Å². The van der Waals surface area contributed by atoms with E-state index in [1.165, 1.54) is 18.5 Å². The molecule has 0 aromatic heterocycles. The van der Waals surface area contributed by atoms with Gasteiger partial charge in [0.05, 0.1) is 0 Å². The van der Waals surface area contributed by atoms with Crippen molar-refractivity contribution in [2.75, 3.05) is 38.5 Å². The fraction of sp³-hybridized carbons (Fsp3) is 1.00. The van der Waals surface area contributed by atoms with Gasteiger partial charge in [-0.1, -0.05) is 20.8 Å². The van der Waals surface area contributed by atoms with Crippen molar-refractivity contribution in [2.45, 2.75) is 20.8 Å². The summed E-state index contributed by atoms with van der Waals surface area (Å²) in [7, 11) is 0.826. The first kappa shape index (κ1) is 24.4. The van der Waals surface area contributed by atoms with E-state index in [4.69, 9.17) is 0 Å². The van der Waals surface area contributed by atoms with E-state index in [2.05, 4.69) is 40.8 Å². The molecule has 0 aliphatic rings. The van der Waals surface area contributed by atoms with Crippen molar-refractivity contribution in [1.82, 2.24) is 0 Å².